The van der Waals surface area contributed by atoms with Gasteiger partial charge in [-0.2, -0.15) is 4.98 Å². The number of likely N-dealkylation sites (tertiary alicyclic amines) is 1. The Morgan fingerprint density at radius 2 is 1.52 bits per heavy atom. The molecule has 8 nitrogen and oxygen atoms in total. The number of carbonyl (C=O) groups is 2. The van der Waals surface area contributed by atoms with E-state index >= 15 is 0 Å². The van der Waals surface area contributed by atoms with Crippen molar-refractivity contribution in [1.29, 1.82) is 0 Å². The van der Waals surface area contributed by atoms with Gasteiger partial charge in [0.05, 0.1) is 6.10 Å². The maximum Gasteiger partial charge on any atom is 0.254 e. The molecule has 8 heteroatoms. The molecule has 206 valence electrons. The van der Waals surface area contributed by atoms with E-state index in [2.05, 4.69) is 22.3 Å². The zero-order valence-corrected chi connectivity index (χ0v) is 22.6. The summed E-state index contributed by atoms with van der Waals surface area (Å²) < 4.78 is 5.53. The van der Waals surface area contributed by atoms with Gasteiger partial charge >= 0.3 is 0 Å². The second-order valence-corrected chi connectivity index (χ2v) is 10.3. The van der Waals surface area contributed by atoms with Crippen LogP contribution in [0.2, 0.25) is 0 Å². The lowest BCUT2D eigenvalue weighted by atomic mass is 10.1. The Bertz CT molecular complexity index is 1410. The normalized spacial score (nSPS) is 16.7. The van der Waals surface area contributed by atoms with E-state index in [1.807, 2.05) is 48.5 Å². The standard InChI is InChI=1S/C32H34N4O4/c1-35(20-19-24-11-6-3-7-12-24)31(38)25-15-17-26(18-16-25)32(39)36-22-27(37)21-28(36)30-33-29(34-40-30)14-8-13-23-9-4-2-5-10-23/h2-7,9-12,15-18,27-28,37H,8,13-14,19-22H2,1H3/t27-,28+/m1/s1. The van der Waals surface area contributed by atoms with Gasteiger partial charge in [0.1, 0.15) is 6.04 Å². The first-order chi connectivity index (χ1) is 19.5. The summed E-state index contributed by atoms with van der Waals surface area (Å²) in [6.45, 7) is 0.771. The zero-order chi connectivity index (χ0) is 27.9. The van der Waals surface area contributed by atoms with Crippen LogP contribution < -0.4 is 0 Å². The summed E-state index contributed by atoms with van der Waals surface area (Å²) in [7, 11) is 1.78. The van der Waals surface area contributed by atoms with Crippen LogP contribution in [0.15, 0.2) is 89.5 Å². The summed E-state index contributed by atoms with van der Waals surface area (Å²) in [5, 5.41) is 14.5. The number of hydrogen-bond donors (Lipinski definition) is 1. The van der Waals surface area contributed by atoms with Crippen molar-refractivity contribution < 1.29 is 19.2 Å². The molecule has 1 aromatic heterocycles. The molecule has 2 atom stereocenters. The van der Waals surface area contributed by atoms with Crippen molar-refractivity contribution in [3.8, 4) is 0 Å². The number of nitrogens with zero attached hydrogens (tertiary/aromatic N) is 4. The van der Waals surface area contributed by atoms with E-state index in [0.717, 1.165) is 19.3 Å². The van der Waals surface area contributed by atoms with Gasteiger partial charge < -0.3 is 19.4 Å². The molecule has 1 aliphatic rings. The SMILES string of the molecule is CN(CCc1ccccc1)C(=O)c1ccc(C(=O)N2C[C@H](O)C[C@H]2c2nc(CCCc3ccccc3)no2)cc1. The molecule has 0 spiro atoms. The number of carbonyl (C=O) groups excluding carboxylic acids is 2. The Hall–Kier alpha value is -4.30. The molecule has 5 rings (SSSR count). The molecule has 1 fully saturated rings. The largest absolute Gasteiger partial charge is 0.391 e. The molecular weight excluding hydrogens is 504 g/mol. The predicted molar refractivity (Wildman–Crippen MR) is 151 cm³/mol. The van der Waals surface area contributed by atoms with Crippen LogP contribution >= 0.6 is 0 Å². The van der Waals surface area contributed by atoms with Crippen LogP contribution in [0.3, 0.4) is 0 Å². The van der Waals surface area contributed by atoms with Crippen LogP contribution in [0.4, 0.5) is 0 Å². The van der Waals surface area contributed by atoms with E-state index in [4.69, 9.17) is 4.52 Å². The number of likely N-dealkylation sites (N-methyl/N-ethyl adjacent to an activating group) is 1. The Morgan fingerprint density at radius 1 is 0.900 bits per heavy atom. The number of rotatable bonds is 10. The van der Waals surface area contributed by atoms with Crippen molar-refractivity contribution in [2.24, 2.45) is 0 Å². The third-order valence-electron chi connectivity index (χ3n) is 7.32. The van der Waals surface area contributed by atoms with Gasteiger partial charge in [-0.3, -0.25) is 9.59 Å². The van der Waals surface area contributed by atoms with Crippen molar-refractivity contribution in [2.45, 2.75) is 44.2 Å². The summed E-state index contributed by atoms with van der Waals surface area (Å²) in [4.78, 5) is 34.1. The lowest BCUT2D eigenvalue weighted by molar-refractivity contribution is 0.0692. The first kappa shape index (κ1) is 27.3. The average molecular weight is 539 g/mol. The number of aryl methyl sites for hydroxylation is 2. The molecule has 0 bridgehead atoms. The Balaban J connectivity index is 1.19. The summed E-state index contributed by atoms with van der Waals surface area (Å²) in [6.07, 6.45) is 2.88. The number of hydrogen-bond acceptors (Lipinski definition) is 6. The predicted octanol–water partition coefficient (Wildman–Crippen LogP) is 4.51. The molecule has 2 amide bonds. The maximum atomic E-state index is 13.4. The highest BCUT2D eigenvalue weighted by molar-refractivity contribution is 5.98. The van der Waals surface area contributed by atoms with Crippen molar-refractivity contribution in [3.05, 3.63) is 119 Å². The molecule has 1 N–H and O–H groups in total. The van der Waals surface area contributed by atoms with Gasteiger partial charge in [0.15, 0.2) is 5.82 Å². The molecular formula is C32H34N4O4. The van der Waals surface area contributed by atoms with Crippen LogP contribution in [0.25, 0.3) is 0 Å². The van der Waals surface area contributed by atoms with Crippen LogP contribution in [0.1, 0.15) is 62.4 Å². The smallest absolute Gasteiger partial charge is 0.254 e. The monoisotopic (exact) mass is 538 g/mol. The first-order valence-electron chi connectivity index (χ1n) is 13.7. The minimum Gasteiger partial charge on any atom is -0.391 e. The molecule has 0 saturated carbocycles. The third kappa shape index (κ3) is 6.63. The van der Waals surface area contributed by atoms with Crippen molar-refractivity contribution in [3.63, 3.8) is 0 Å². The molecule has 0 aliphatic carbocycles. The fraction of sp³-hybridized carbons (Fsp3) is 0.312. The molecule has 2 heterocycles. The molecule has 1 saturated heterocycles. The molecule has 0 unspecified atom stereocenters. The van der Waals surface area contributed by atoms with E-state index in [9.17, 15) is 14.7 Å². The number of amides is 2. The Kier molecular flexibility index (Phi) is 8.66. The quantitative estimate of drug-likeness (QED) is 0.319. The fourth-order valence-electron chi connectivity index (χ4n) is 5.06. The van der Waals surface area contributed by atoms with Gasteiger partial charge in [-0.05, 0) is 54.7 Å². The van der Waals surface area contributed by atoms with Crippen LogP contribution in [-0.2, 0) is 19.3 Å². The van der Waals surface area contributed by atoms with Crippen molar-refractivity contribution >= 4 is 11.8 Å². The Morgan fingerprint density at radius 3 is 2.20 bits per heavy atom. The molecule has 4 aromatic rings. The summed E-state index contributed by atoms with van der Waals surface area (Å²) in [5.74, 6) is 0.585. The maximum absolute atomic E-state index is 13.4. The lowest BCUT2D eigenvalue weighted by Gasteiger charge is -2.22. The molecule has 0 radical (unpaired) electrons. The second kappa shape index (κ2) is 12.7. The highest BCUT2D eigenvalue weighted by Gasteiger charge is 2.39. The van der Waals surface area contributed by atoms with E-state index in [0.29, 0.717) is 42.2 Å². The van der Waals surface area contributed by atoms with Crippen molar-refractivity contribution in [1.82, 2.24) is 19.9 Å². The van der Waals surface area contributed by atoms with Crippen LogP contribution in [-0.4, -0.2) is 63.1 Å². The fourth-order valence-corrected chi connectivity index (χ4v) is 5.06. The average Bonchev–Trinajstić information content (AvgIpc) is 3.63. The summed E-state index contributed by atoms with van der Waals surface area (Å²) >= 11 is 0. The number of aliphatic hydroxyl groups excluding tert-OH is 1. The highest BCUT2D eigenvalue weighted by Crippen LogP contribution is 2.32. The van der Waals surface area contributed by atoms with Gasteiger partial charge in [0, 0.05) is 44.1 Å². The van der Waals surface area contributed by atoms with E-state index in [1.54, 1.807) is 41.1 Å². The number of aliphatic hydroxyl groups is 1. The second-order valence-electron chi connectivity index (χ2n) is 10.3. The topological polar surface area (TPSA) is 99.8 Å². The summed E-state index contributed by atoms with van der Waals surface area (Å²) in [5.41, 5.74) is 3.38. The van der Waals surface area contributed by atoms with Crippen LogP contribution in [0.5, 0.6) is 0 Å². The minimum atomic E-state index is -0.679. The van der Waals surface area contributed by atoms with E-state index < -0.39 is 12.1 Å². The molecule has 1 aliphatic heterocycles. The number of β-amino-alcohol motifs (C(OH)–C–C–N with tert-alkyl or cyclic N) is 1. The van der Waals surface area contributed by atoms with Gasteiger partial charge in [-0.25, -0.2) is 0 Å². The first-order valence-corrected chi connectivity index (χ1v) is 13.7. The van der Waals surface area contributed by atoms with E-state index in [1.165, 1.54) is 11.1 Å². The van der Waals surface area contributed by atoms with Gasteiger partial charge in [0.25, 0.3) is 11.8 Å². The number of benzene rings is 3. The third-order valence-corrected chi connectivity index (χ3v) is 7.32. The number of aromatic nitrogens is 2. The Labute approximate surface area is 234 Å². The highest BCUT2D eigenvalue weighted by atomic mass is 16.5. The molecule has 40 heavy (non-hydrogen) atoms. The lowest BCUT2D eigenvalue weighted by Crippen LogP contribution is -2.32. The van der Waals surface area contributed by atoms with E-state index in [-0.39, 0.29) is 18.4 Å². The zero-order valence-electron chi connectivity index (χ0n) is 22.6. The van der Waals surface area contributed by atoms with Crippen LogP contribution in [0, 0.1) is 0 Å². The summed E-state index contributed by atoms with van der Waals surface area (Å²) in [6, 6.07) is 26.4. The molecule has 3 aromatic carbocycles. The van der Waals surface area contributed by atoms with Crippen molar-refractivity contribution in [2.75, 3.05) is 20.1 Å². The van der Waals surface area contributed by atoms with Gasteiger partial charge in [-0.15, -0.1) is 0 Å². The van der Waals surface area contributed by atoms with Gasteiger partial charge in [0.2, 0.25) is 5.89 Å². The van der Waals surface area contributed by atoms with Gasteiger partial charge in [-0.1, -0.05) is 65.8 Å². The minimum absolute atomic E-state index is 0.102.